The Morgan fingerprint density at radius 1 is 1.53 bits per heavy atom. The Kier molecular flexibility index (Phi) is 5.70. The van der Waals surface area contributed by atoms with Crippen molar-refractivity contribution in [1.29, 1.82) is 0 Å². The summed E-state index contributed by atoms with van der Waals surface area (Å²) < 4.78 is 5.56. The average molecular weight is 234 g/mol. The van der Waals surface area contributed by atoms with Crippen LogP contribution in [0.15, 0.2) is 30.5 Å². The molecule has 0 unspecified atom stereocenters. The molecule has 1 aromatic rings. The predicted octanol–water partition coefficient (Wildman–Crippen LogP) is 2.92. The van der Waals surface area contributed by atoms with Crippen LogP contribution in [0.5, 0.6) is 5.88 Å². The molecule has 0 aliphatic carbocycles. The second kappa shape index (κ2) is 7.07. The van der Waals surface area contributed by atoms with Gasteiger partial charge < -0.3 is 10.1 Å². The summed E-state index contributed by atoms with van der Waals surface area (Å²) >= 11 is 0. The molecule has 0 fully saturated rings. The molecule has 0 aliphatic heterocycles. The fourth-order valence-corrected chi connectivity index (χ4v) is 1.29. The summed E-state index contributed by atoms with van der Waals surface area (Å²) in [5.74, 6) is 0.689. The van der Waals surface area contributed by atoms with Crippen LogP contribution in [0.2, 0.25) is 0 Å². The Balaban J connectivity index is 2.45. The van der Waals surface area contributed by atoms with E-state index in [0.29, 0.717) is 18.5 Å². The Morgan fingerprint density at radius 3 is 2.94 bits per heavy atom. The van der Waals surface area contributed by atoms with Gasteiger partial charge in [0.1, 0.15) is 0 Å². The van der Waals surface area contributed by atoms with E-state index < -0.39 is 0 Å². The van der Waals surface area contributed by atoms with Crippen LogP contribution in [0.4, 0.5) is 0 Å². The first-order chi connectivity index (χ1) is 8.08. The van der Waals surface area contributed by atoms with E-state index in [-0.39, 0.29) is 0 Å². The molecule has 0 aliphatic rings. The number of nitrogens with zero attached hydrogens (tertiary/aromatic N) is 1. The second-order valence-corrected chi connectivity index (χ2v) is 4.59. The molecule has 0 spiro atoms. The van der Waals surface area contributed by atoms with Gasteiger partial charge in [-0.1, -0.05) is 19.4 Å². The highest BCUT2D eigenvalue weighted by Gasteiger charge is 1.99. The normalized spacial score (nSPS) is 10.6. The average Bonchev–Trinajstić information content (AvgIpc) is 2.26. The third-order valence-corrected chi connectivity index (χ3v) is 2.29. The molecule has 3 heteroatoms. The van der Waals surface area contributed by atoms with Gasteiger partial charge >= 0.3 is 0 Å². The largest absolute Gasteiger partial charge is 0.477 e. The number of nitrogens with one attached hydrogen (secondary N) is 1. The molecule has 0 saturated carbocycles. The van der Waals surface area contributed by atoms with Crippen LogP contribution in [0.1, 0.15) is 32.8 Å². The zero-order valence-electron chi connectivity index (χ0n) is 11.0. The van der Waals surface area contributed by atoms with Crippen molar-refractivity contribution in [3.63, 3.8) is 0 Å². The van der Waals surface area contributed by atoms with Gasteiger partial charge in [-0.05, 0) is 18.6 Å². The Morgan fingerprint density at radius 2 is 2.29 bits per heavy atom. The number of ether oxygens (including phenoxy) is 1. The Bertz CT molecular complexity index is 361. The molecule has 94 valence electrons. The van der Waals surface area contributed by atoms with Gasteiger partial charge in [0.25, 0.3) is 0 Å². The Labute approximate surface area is 104 Å². The van der Waals surface area contributed by atoms with Gasteiger partial charge in [0.05, 0.1) is 6.61 Å². The fraction of sp³-hybridized carbons (Fsp3) is 0.500. The highest BCUT2D eigenvalue weighted by atomic mass is 16.5. The maximum atomic E-state index is 5.56. The fourth-order valence-electron chi connectivity index (χ4n) is 1.29. The van der Waals surface area contributed by atoms with Gasteiger partial charge in [0.2, 0.25) is 5.88 Å². The maximum Gasteiger partial charge on any atom is 0.213 e. The van der Waals surface area contributed by atoms with Crippen LogP contribution in [0.3, 0.4) is 0 Å². The summed E-state index contributed by atoms with van der Waals surface area (Å²) in [5.41, 5.74) is 2.32. The molecule has 1 heterocycles. The minimum Gasteiger partial charge on any atom is -0.477 e. The first-order valence-electron chi connectivity index (χ1n) is 6.03. The van der Waals surface area contributed by atoms with Crippen molar-refractivity contribution in [3.05, 3.63) is 36.0 Å². The van der Waals surface area contributed by atoms with Crippen molar-refractivity contribution in [2.45, 2.75) is 39.8 Å². The zero-order valence-corrected chi connectivity index (χ0v) is 11.0. The minimum absolute atomic E-state index is 0.482. The third kappa shape index (κ3) is 6.07. The lowest BCUT2D eigenvalue weighted by atomic mass is 10.2. The van der Waals surface area contributed by atoms with E-state index in [1.54, 1.807) is 6.20 Å². The van der Waals surface area contributed by atoms with Crippen molar-refractivity contribution in [3.8, 4) is 5.88 Å². The van der Waals surface area contributed by atoms with E-state index in [1.165, 1.54) is 5.56 Å². The van der Waals surface area contributed by atoms with E-state index in [4.69, 9.17) is 4.74 Å². The molecule has 1 aromatic heterocycles. The molecular formula is C14H22N2O. The van der Waals surface area contributed by atoms with Gasteiger partial charge in [-0.25, -0.2) is 4.98 Å². The third-order valence-electron chi connectivity index (χ3n) is 2.29. The van der Waals surface area contributed by atoms with Gasteiger partial charge in [0.15, 0.2) is 0 Å². The molecular weight excluding hydrogens is 212 g/mol. The van der Waals surface area contributed by atoms with Crippen LogP contribution in [-0.2, 0) is 6.54 Å². The summed E-state index contributed by atoms with van der Waals surface area (Å²) in [6.45, 7) is 11.6. The van der Waals surface area contributed by atoms with Gasteiger partial charge in [-0.2, -0.15) is 0 Å². The van der Waals surface area contributed by atoms with Crippen molar-refractivity contribution < 1.29 is 4.74 Å². The number of rotatable bonds is 7. The molecule has 0 amide bonds. The molecule has 0 aromatic carbocycles. The molecule has 1 rings (SSSR count). The van der Waals surface area contributed by atoms with E-state index in [0.717, 1.165) is 18.5 Å². The van der Waals surface area contributed by atoms with Crippen molar-refractivity contribution >= 4 is 0 Å². The number of pyridine rings is 1. The summed E-state index contributed by atoms with van der Waals surface area (Å²) in [6.07, 6.45) is 2.66. The summed E-state index contributed by atoms with van der Waals surface area (Å²) in [6, 6.07) is 4.46. The monoisotopic (exact) mass is 234 g/mol. The molecule has 0 atom stereocenters. The van der Waals surface area contributed by atoms with Gasteiger partial charge in [-0.15, -0.1) is 6.58 Å². The number of aromatic nitrogens is 1. The van der Waals surface area contributed by atoms with Crippen LogP contribution in [-0.4, -0.2) is 17.6 Å². The number of hydrogen-bond donors (Lipinski definition) is 1. The summed E-state index contributed by atoms with van der Waals surface area (Å²) in [4.78, 5) is 4.18. The van der Waals surface area contributed by atoms with Crippen LogP contribution in [0.25, 0.3) is 0 Å². The van der Waals surface area contributed by atoms with Crippen LogP contribution >= 0.6 is 0 Å². The number of hydrogen-bond acceptors (Lipinski definition) is 3. The van der Waals surface area contributed by atoms with Crippen molar-refractivity contribution in [2.24, 2.45) is 0 Å². The second-order valence-electron chi connectivity index (χ2n) is 4.59. The van der Waals surface area contributed by atoms with Gasteiger partial charge in [0, 0.05) is 31.3 Å². The van der Waals surface area contributed by atoms with E-state index >= 15 is 0 Å². The van der Waals surface area contributed by atoms with Crippen LogP contribution in [0, 0.1) is 0 Å². The molecule has 0 bridgehead atoms. The first-order valence-corrected chi connectivity index (χ1v) is 6.03. The summed E-state index contributed by atoms with van der Waals surface area (Å²) in [7, 11) is 0. The lowest BCUT2D eigenvalue weighted by molar-refractivity contribution is 0.309. The maximum absolute atomic E-state index is 5.56. The molecule has 17 heavy (non-hydrogen) atoms. The highest BCUT2D eigenvalue weighted by Crippen LogP contribution is 2.10. The first kappa shape index (κ1) is 13.7. The standard InChI is InChI=1S/C14H22N2O/c1-11(2)6-8-17-14-9-13(5-7-15-14)10-16-12(3)4/h5,7,9,12,16H,1,6,8,10H2,2-4H3. The molecule has 1 N–H and O–H groups in total. The topological polar surface area (TPSA) is 34.1 Å². The van der Waals surface area contributed by atoms with Gasteiger partial charge in [-0.3, -0.25) is 0 Å². The lowest BCUT2D eigenvalue weighted by Gasteiger charge is -2.09. The summed E-state index contributed by atoms with van der Waals surface area (Å²) in [5, 5.41) is 3.37. The predicted molar refractivity (Wildman–Crippen MR) is 71.1 cm³/mol. The Hall–Kier alpha value is -1.35. The van der Waals surface area contributed by atoms with E-state index in [1.807, 2.05) is 19.1 Å². The molecule has 0 saturated heterocycles. The minimum atomic E-state index is 0.482. The quantitative estimate of drug-likeness (QED) is 0.737. The van der Waals surface area contributed by atoms with Crippen LogP contribution < -0.4 is 10.1 Å². The van der Waals surface area contributed by atoms with Crippen molar-refractivity contribution in [2.75, 3.05) is 6.61 Å². The van der Waals surface area contributed by atoms with E-state index in [2.05, 4.69) is 30.7 Å². The SMILES string of the molecule is C=C(C)CCOc1cc(CNC(C)C)ccn1. The highest BCUT2D eigenvalue weighted by molar-refractivity contribution is 5.20. The lowest BCUT2D eigenvalue weighted by Crippen LogP contribution is -2.21. The zero-order chi connectivity index (χ0) is 12.7. The molecule has 3 nitrogen and oxygen atoms in total. The van der Waals surface area contributed by atoms with Crippen molar-refractivity contribution in [1.82, 2.24) is 10.3 Å². The van der Waals surface area contributed by atoms with E-state index in [9.17, 15) is 0 Å². The molecule has 0 radical (unpaired) electrons. The smallest absolute Gasteiger partial charge is 0.213 e.